The third-order valence-corrected chi connectivity index (χ3v) is 6.20. The van der Waals surface area contributed by atoms with Crippen molar-refractivity contribution in [2.24, 2.45) is 0 Å². The number of halogens is 6. The van der Waals surface area contributed by atoms with E-state index in [1.54, 1.807) is 0 Å². The summed E-state index contributed by atoms with van der Waals surface area (Å²) in [6.45, 7) is 0. The zero-order valence-corrected chi connectivity index (χ0v) is 18.0. The molecule has 6 nitrogen and oxygen atoms in total. The molecule has 2 aliphatic rings. The average Bonchev–Trinajstić information content (AvgIpc) is 3.27. The zero-order chi connectivity index (χ0) is 26.9. The number of alkyl halides is 6. The van der Waals surface area contributed by atoms with Crippen molar-refractivity contribution < 1.29 is 55.0 Å². The molecule has 3 aromatic carbocycles. The van der Waals surface area contributed by atoms with Crippen molar-refractivity contribution in [2.75, 3.05) is 0 Å². The number of benzene rings is 3. The molecule has 0 atom stereocenters. The Labute approximate surface area is 202 Å². The van der Waals surface area contributed by atoms with Crippen LogP contribution in [-0.2, 0) is 21.1 Å². The molecule has 0 radical (unpaired) electrons. The Morgan fingerprint density at radius 2 is 0.892 bits per heavy atom. The molecule has 0 amide bonds. The van der Waals surface area contributed by atoms with Crippen LogP contribution in [0.4, 0.5) is 26.3 Å². The van der Waals surface area contributed by atoms with E-state index in [2.05, 4.69) is 9.47 Å². The number of hydrogen-bond acceptors (Lipinski definition) is 6. The van der Waals surface area contributed by atoms with Gasteiger partial charge in [0.05, 0.1) is 27.8 Å². The predicted molar refractivity (Wildman–Crippen MR) is 110 cm³/mol. The van der Waals surface area contributed by atoms with Crippen molar-refractivity contribution in [1.29, 1.82) is 0 Å². The van der Waals surface area contributed by atoms with E-state index in [0.717, 1.165) is 36.4 Å². The van der Waals surface area contributed by atoms with Crippen molar-refractivity contribution in [3.8, 4) is 0 Å². The van der Waals surface area contributed by atoms with E-state index in [-0.39, 0.29) is 11.1 Å². The summed E-state index contributed by atoms with van der Waals surface area (Å²) in [5.41, 5.74) is -8.82. The van der Waals surface area contributed by atoms with Gasteiger partial charge in [0.15, 0.2) is 0 Å². The van der Waals surface area contributed by atoms with Crippen LogP contribution in [0.2, 0.25) is 0 Å². The number of esters is 4. The Bertz CT molecular complexity index is 1460. The van der Waals surface area contributed by atoms with Gasteiger partial charge < -0.3 is 9.47 Å². The van der Waals surface area contributed by atoms with E-state index in [1.165, 1.54) is 0 Å². The van der Waals surface area contributed by atoms with Crippen molar-refractivity contribution in [3.05, 3.63) is 105 Å². The lowest BCUT2D eigenvalue weighted by Crippen LogP contribution is -2.45. The molecule has 0 aromatic heterocycles. The second-order valence-electron chi connectivity index (χ2n) is 8.20. The molecule has 37 heavy (non-hydrogen) atoms. The van der Waals surface area contributed by atoms with E-state index in [9.17, 15) is 32.3 Å². The lowest BCUT2D eigenvalue weighted by Gasteiger charge is -2.38. The first kappa shape index (κ1) is 24.2. The summed E-state index contributed by atoms with van der Waals surface area (Å²) in [6.07, 6.45) is -10.4. The second kappa shape index (κ2) is 7.76. The van der Waals surface area contributed by atoms with Crippen molar-refractivity contribution in [3.63, 3.8) is 0 Å². The van der Waals surface area contributed by atoms with Gasteiger partial charge in [0, 0.05) is 0 Å². The van der Waals surface area contributed by atoms with E-state index in [4.69, 9.17) is 0 Å². The minimum atomic E-state index is -5.38. The molecule has 0 unspecified atom stereocenters. The van der Waals surface area contributed by atoms with E-state index in [0.29, 0.717) is 24.3 Å². The van der Waals surface area contributed by atoms with Gasteiger partial charge in [-0.25, -0.2) is 19.2 Å². The molecule has 0 spiro atoms. The number of ether oxygens (including phenoxy) is 2. The van der Waals surface area contributed by atoms with Gasteiger partial charge in [-0.3, -0.25) is 0 Å². The standard InChI is InChI=1S/C25H10F6O6/c26-24(27,28)14-3-1-2-11(8-14)23(25(29,30)31,12-4-6-15-17(9-12)21(34)36-19(15)32)13-5-7-16-18(10-13)22(35)37-20(16)33/h1-10H. The van der Waals surface area contributed by atoms with Crippen LogP contribution in [0.25, 0.3) is 0 Å². The minimum absolute atomic E-state index is 0.306. The molecular formula is C25H10F6O6. The number of fused-ring (bicyclic) bond motifs is 2. The highest BCUT2D eigenvalue weighted by Gasteiger charge is 2.59. The van der Waals surface area contributed by atoms with Crippen molar-refractivity contribution in [1.82, 2.24) is 0 Å². The maximum Gasteiger partial charge on any atom is 0.416 e. The fraction of sp³-hybridized carbons (Fsp3) is 0.120. The van der Waals surface area contributed by atoms with Gasteiger partial charge in [-0.2, -0.15) is 26.3 Å². The van der Waals surface area contributed by atoms with Gasteiger partial charge >= 0.3 is 36.2 Å². The second-order valence-corrected chi connectivity index (χ2v) is 8.20. The fourth-order valence-corrected chi connectivity index (χ4v) is 4.56. The van der Waals surface area contributed by atoms with E-state index in [1.807, 2.05) is 0 Å². The number of carbonyl (C=O) groups excluding carboxylic acids is 4. The van der Waals surface area contributed by atoms with E-state index >= 15 is 13.2 Å². The number of rotatable bonds is 3. The molecule has 3 aromatic rings. The topological polar surface area (TPSA) is 86.7 Å². The summed E-state index contributed by atoms with van der Waals surface area (Å²) >= 11 is 0. The van der Waals surface area contributed by atoms with Gasteiger partial charge in [0.25, 0.3) is 0 Å². The molecule has 0 bridgehead atoms. The summed E-state index contributed by atoms with van der Waals surface area (Å²) in [4.78, 5) is 47.9. The van der Waals surface area contributed by atoms with Crippen molar-refractivity contribution in [2.45, 2.75) is 17.8 Å². The molecule has 5 rings (SSSR count). The molecule has 0 saturated heterocycles. The number of hydrogen-bond donors (Lipinski definition) is 0. The molecule has 0 N–H and O–H groups in total. The monoisotopic (exact) mass is 520 g/mol. The van der Waals surface area contributed by atoms with Crippen LogP contribution < -0.4 is 0 Å². The quantitative estimate of drug-likeness (QED) is 0.204. The number of cyclic esters (lactones) is 4. The van der Waals surface area contributed by atoms with Gasteiger partial charge in [-0.1, -0.05) is 30.3 Å². The molecular weight excluding hydrogens is 510 g/mol. The molecule has 0 fully saturated rings. The van der Waals surface area contributed by atoms with Crippen molar-refractivity contribution >= 4 is 23.9 Å². The highest BCUT2D eigenvalue weighted by molar-refractivity contribution is 6.15. The summed E-state index contributed by atoms with van der Waals surface area (Å²) in [5, 5.41) is 0. The molecule has 0 saturated carbocycles. The lowest BCUT2D eigenvalue weighted by atomic mass is 9.67. The fourth-order valence-electron chi connectivity index (χ4n) is 4.56. The van der Waals surface area contributed by atoms with Crippen LogP contribution in [0, 0.1) is 0 Å². The minimum Gasteiger partial charge on any atom is -0.386 e. The van der Waals surface area contributed by atoms with Gasteiger partial charge in [0.2, 0.25) is 0 Å². The lowest BCUT2D eigenvalue weighted by molar-refractivity contribution is -0.167. The maximum absolute atomic E-state index is 15.3. The highest BCUT2D eigenvalue weighted by Crippen LogP contribution is 2.53. The Balaban J connectivity index is 1.89. The molecule has 0 aliphatic carbocycles. The molecule has 188 valence electrons. The predicted octanol–water partition coefficient (Wildman–Crippen LogP) is 5.22. The first-order valence-electron chi connectivity index (χ1n) is 10.3. The van der Waals surface area contributed by atoms with Crippen LogP contribution in [0.5, 0.6) is 0 Å². The van der Waals surface area contributed by atoms with Crippen LogP contribution in [-0.4, -0.2) is 30.1 Å². The van der Waals surface area contributed by atoms with Gasteiger partial charge in [0.1, 0.15) is 5.41 Å². The Kier molecular flexibility index (Phi) is 5.08. The smallest absolute Gasteiger partial charge is 0.386 e. The zero-order valence-electron chi connectivity index (χ0n) is 18.0. The Morgan fingerprint density at radius 1 is 0.486 bits per heavy atom. The first-order chi connectivity index (χ1) is 17.2. The molecule has 2 heterocycles. The van der Waals surface area contributed by atoms with Crippen LogP contribution in [0.1, 0.15) is 63.7 Å². The average molecular weight is 520 g/mol. The van der Waals surface area contributed by atoms with Crippen LogP contribution >= 0.6 is 0 Å². The van der Waals surface area contributed by atoms with Gasteiger partial charge in [-0.15, -0.1) is 0 Å². The normalized spacial score (nSPS) is 15.4. The Morgan fingerprint density at radius 3 is 1.32 bits per heavy atom. The highest BCUT2D eigenvalue weighted by atomic mass is 19.4. The molecule has 12 heteroatoms. The summed E-state index contributed by atoms with van der Waals surface area (Å²) in [6, 6.07) is 7.40. The largest absolute Gasteiger partial charge is 0.416 e. The SMILES string of the molecule is O=C1OC(=O)c2cc(C(c3cccc(C(F)(F)F)c3)(c3ccc4c(c3)C(=O)OC4=O)C(F)(F)F)ccc21. The van der Waals surface area contributed by atoms with Crippen LogP contribution in [0.3, 0.4) is 0 Å². The first-order valence-corrected chi connectivity index (χ1v) is 10.3. The molecule has 2 aliphatic heterocycles. The third-order valence-electron chi connectivity index (χ3n) is 6.20. The third kappa shape index (κ3) is 3.51. The van der Waals surface area contributed by atoms with E-state index < -0.39 is 75.0 Å². The maximum atomic E-state index is 15.3. The summed E-state index contributed by atoms with van der Waals surface area (Å²) in [5.74, 6) is -4.65. The van der Waals surface area contributed by atoms with Gasteiger partial charge in [-0.05, 0) is 47.0 Å². The summed E-state index contributed by atoms with van der Waals surface area (Å²) in [7, 11) is 0. The van der Waals surface area contributed by atoms with Crippen LogP contribution in [0.15, 0.2) is 60.7 Å². The number of carbonyl (C=O) groups is 4. The summed E-state index contributed by atoms with van der Waals surface area (Å²) < 4.78 is 95.3. The Hall–Kier alpha value is -4.48.